The van der Waals surface area contributed by atoms with Crippen LogP contribution in [0.4, 0.5) is 5.69 Å². The maximum absolute atomic E-state index is 13.3. The summed E-state index contributed by atoms with van der Waals surface area (Å²) in [4.78, 5) is 31.1. The van der Waals surface area contributed by atoms with E-state index in [-0.39, 0.29) is 12.5 Å². The first kappa shape index (κ1) is 23.2. The third-order valence-electron chi connectivity index (χ3n) is 4.90. The number of carbonyl (C=O) groups is 2. The van der Waals surface area contributed by atoms with E-state index in [1.54, 1.807) is 41.5 Å². The quantitative estimate of drug-likeness (QED) is 0.457. The molecule has 34 heavy (non-hydrogen) atoms. The van der Waals surface area contributed by atoms with Crippen molar-refractivity contribution >= 4 is 40.6 Å². The minimum atomic E-state index is -1.08. The van der Waals surface area contributed by atoms with Crippen molar-refractivity contribution in [3.63, 3.8) is 0 Å². The van der Waals surface area contributed by atoms with Gasteiger partial charge in [-0.2, -0.15) is 0 Å². The first-order valence-corrected chi connectivity index (χ1v) is 11.2. The summed E-state index contributed by atoms with van der Waals surface area (Å²) in [6, 6.07) is 18.0. The fraction of sp³-hybridized carbons (Fsp3) is 0.160. The fourth-order valence-corrected chi connectivity index (χ4v) is 4.16. The number of ether oxygens (including phenoxy) is 2. The lowest BCUT2D eigenvalue weighted by Gasteiger charge is -2.14. The Labute approximate surface area is 200 Å². The van der Waals surface area contributed by atoms with E-state index in [0.29, 0.717) is 32.9 Å². The number of hydrogen-bond donors (Lipinski definition) is 1. The number of nitrogens with zero attached hydrogens (tertiary/aromatic N) is 2. The second-order valence-electron chi connectivity index (χ2n) is 7.32. The number of rotatable bonds is 8. The molecule has 1 aliphatic heterocycles. The van der Waals surface area contributed by atoms with Crippen LogP contribution in [0.1, 0.15) is 18.2 Å². The Morgan fingerprint density at radius 2 is 1.97 bits per heavy atom. The van der Waals surface area contributed by atoms with Gasteiger partial charge >= 0.3 is 5.97 Å². The predicted molar refractivity (Wildman–Crippen MR) is 129 cm³/mol. The third kappa shape index (κ3) is 5.32. The molecule has 2 aromatic carbocycles. The van der Waals surface area contributed by atoms with Gasteiger partial charge in [-0.05, 0) is 66.7 Å². The highest BCUT2D eigenvalue weighted by Gasteiger charge is 2.34. The molecule has 1 aliphatic rings. The molecule has 4 rings (SSSR count). The van der Waals surface area contributed by atoms with Gasteiger partial charge in [0.05, 0.1) is 30.5 Å². The average Bonchev–Trinajstić information content (AvgIpc) is 3.45. The van der Waals surface area contributed by atoms with Crippen molar-refractivity contribution < 1.29 is 28.6 Å². The van der Waals surface area contributed by atoms with Crippen molar-refractivity contribution in [1.82, 2.24) is 4.90 Å². The van der Waals surface area contributed by atoms with Crippen LogP contribution >= 0.6 is 11.8 Å². The molecule has 174 valence electrons. The molecule has 1 aromatic heterocycles. The minimum absolute atomic E-state index is 0.199. The minimum Gasteiger partial charge on any atom is -0.493 e. The lowest BCUT2D eigenvalue weighted by atomic mass is 10.1. The number of aliphatic carboxylic acids is 1. The summed E-state index contributed by atoms with van der Waals surface area (Å²) < 4.78 is 16.2. The van der Waals surface area contributed by atoms with Crippen LogP contribution in [-0.4, -0.2) is 40.3 Å². The van der Waals surface area contributed by atoms with Gasteiger partial charge in [0, 0.05) is 0 Å². The molecule has 9 heteroatoms. The van der Waals surface area contributed by atoms with E-state index >= 15 is 0 Å². The van der Waals surface area contributed by atoms with E-state index in [9.17, 15) is 9.59 Å². The van der Waals surface area contributed by atoms with Crippen LogP contribution in [0.3, 0.4) is 0 Å². The molecule has 0 unspecified atom stereocenters. The predicted octanol–water partition coefficient (Wildman–Crippen LogP) is 4.94. The molecule has 3 aromatic rings. The molecular weight excluding hydrogens is 456 g/mol. The molecule has 0 spiro atoms. The van der Waals surface area contributed by atoms with Gasteiger partial charge in [-0.15, -0.1) is 0 Å². The summed E-state index contributed by atoms with van der Waals surface area (Å²) in [7, 11) is 1.47. The van der Waals surface area contributed by atoms with Crippen molar-refractivity contribution in [3.8, 4) is 11.5 Å². The van der Waals surface area contributed by atoms with Crippen molar-refractivity contribution in [3.05, 3.63) is 83.2 Å². The van der Waals surface area contributed by atoms with Crippen LogP contribution < -0.4 is 9.47 Å². The van der Waals surface area contributed by atoms with Gasteiger partial charge < -0.3 is 19.0 Å². The van der Waals surface area contributed by atoms with Crippen molar-refractivity contribution in [1.29, 1.82) is 0 Å². The molecule has 0 bridgehead atoms. The zero-order valence-electron chi connectivity index (χ0n) is 18.5. The molecule has 1 amide bonds. The number of carboxylic acid groups (broad SMARTS) is 1. The zero-order chi connectivity index (χ0) is 24.1. The summed E-state index contributed by atoms with van der Waals surface area (Å²) in [5, 5.41) is 9.63. The molecule has 1 saturated heterocycles. The van der Waals surface area contributed by atoms with Gasteiger partial charge in [-0.1, -0.05) is 24.3 Å². The monoisotopic (exact) mass is 478 g/mol. The second kappa shape index (κ2) is 10.3. The summed E-state index contributed by atoms with van der Waals surface area (Å²) in [6.07, 6.45) is 2.27. The van der Waals surface area contributed by atoms with E-state index in [1.165, 1.54) is 25.8 Å². The Morgan fingerprint density at radius 3 is 2.65 bits per heavy atom. The molecule has 0 radical (unpaired) electrons. The number of furan rings is 1. The first-order valence-electron chi connectivity index (χ1n) is 10.4. The Hall–Kier alpha value is -3.98. The molecule has 2 heterocycles. The largest absolute Gasteiger partial charge is 0.493 e. The third-order valence-corrected chi connectivity index (χ3v) is 5.91. The summed E-state index contributed by atoms with van der Waals surface area (Å²) >= 11 is 1.27. The normalized spacial score (nSPS) is 16.8. The van der Waals surface area contributed by atoms with Crippen LogP contribution in [-0.2, 0) is 16.1 Å². The highest BCUT2D eigenvalue weighted by molar-refractivity contribution is 8.18. The number of thioether (sulfide) groups is 1. The number of amides is 1. The van der Waals surface area contributed by atoms with Gasteiger partial charge in [-0.3, -0.25) is 9.69 Å². The number of carbonyl (C=O) groups excluding carboxylic acids is 1. The van der Waals surface area contributed by atoms with Crippen molar-refractivity contribution in [2.45, 2.75) is 19.6 Å². The maximum atomic E-state index is 13.3. The fourth-order valence-electron chi connectivity index (χ4n) is 3.17. The average molecular weight is 479 g/mol. The van der Waals surface area contributed by atoms with Gasteiger partial charge in [0.15, 0.2) is 22.8 Å². The van der Waals surface area contributed by atoms with Gasteiger partial charge in [0.1, 0.15) is 5.76 Å². The van der Waals surface area contributed by atoms with E-state index in [0.717, 1.165) is 5.69 Å². The molecule has 8 nitrogen and oxygen atoms in total. The van der Waals surface area contributed by atoms with E-state index in [2.05, 4.69) is 4.99 Å². The van der Waals surface area contributed by atoms with Gasteiger partial charge in [-0.25, -0.2) is 9.79 Å². The van der Waals surface area contributed by atoms with Crippen LogP contribution in [0.25, 0.3) is 6.08 Å². The number of benzene rings is 2. The van der Waals surface area contributed by atoms with E-state index in [4.69, 9.17) is 19.0 Å². The Bertz CT molecular complexity index is 1240. The van der Waals surface area contributed by atoms with Gasteiger partial charge in [0.25, 0.3) is 5.91 Å². The summed E-state index contributed by atoms with van der Waals surface area (Å²) in [5.41, 5.74) is 1.43. The number of aliphatic imine (C=N–C) groups is 1. The number of para-hydroxylation sites is 1. The molecule has 0 aliphatic carbocycles. The molecule has 1 fully saturated rings. The molecule has 0 saturated carbocycles. The van der Waals surface area contributed by atoms with Crippen LogP contribution in [0.15, 0.2) is 81.2 Å². The Morgan fingerprint density at radius 1 is 1.18 bits per heavy atom. The van der Waals surface area contributed by atoms with Crippen LogP contribution in [0.2, 0.25) is 0 Å². The Balaban J connectivity index is 1.64. The highest BCUT2D eigenvalue weighted by Crippen LogP contribution is 2.37. The van der Waals surface area contributed by atoms with Crippen molar-refractivity contribution in [2.75, 3.05) is 7.11 Å². The second-order valence-corrected chi connectivity index (χ2v) is 8.33. The lowest BCUT2D eigenvalue weighted by molar-refractivity contribution is -0.144. The Kier molecular flexibility index (Phi) is 7.03. The molecule has 1 atom stereocenters. The first-order chi connectivity index (χ1) is 16.4. The highest BCUT2D eigenvalue weighted by atomic mass is 32.2. The lowest BCUT2D eigenvalue weighted by Crippen LogP contribution is -2.28. The number of amidine groups is 1. The zero-order valence-corrected chi connectivity index (χ0v) is 19.3. The van der Waals surface area contributed by atoms with E-state index in [1.807, 2.05) is 36.4 Å². The van der Waals surface area contributed by atoms with Crippen LogP contribution in [0, 0.1) is 0 Å². The number of hydrogen-bond acceptors (Lipinski definition) is 7. The van der Waals surface area contributed by atoms with Gasteiger partial charge in [0.2, 0.25) is 0 Å². The summed E-state index contributed by atoms with van der Waals surface area (Å²) in [5.74, 6) is 0.0314. The van der Waals surface area contributed by atoms with Crippen LogP contribution in [0.5, 0.6) is 11.5 Å². The van der Waals surface area contributed by atoms with Crippen molar-refractivity contribution in [2.24, 2.45) is 4.99 Å². The smallest absolute Gasteiger partial charge is 0.344 e. The van der Waals surface area contributed by atoms with E-state index < -0.39 is 12.1 Å². The molecule has 1 N–H and O–H groups in total. The number of methoxy groups -OCH3 is 1. The topological polar surface area (TPSA) is 102 Å². The number of carboxylic acids is 1. The SMILES string of the molecule is COc1cc(/C=C2/SC(=Nc3ccccc3)N(Cc3ccco3)C2=O)ccc1O[C@@H](C)C(=O)O. The summed E-state index contributed by atoms with van der Waals surface area (Å²) in [6.45, 7) is 1.69. The standard InChI is InChI=1S/C25H22N2O6S/c1-16(24(29)30)33-20-11-10-17(13-21(20)31-2)14-22-23(28)27(15-19-9-6-12-32-19)25(34-22)26-18-7-4-3-5-8-18/h3-14,16H,15H2,1-2H3,(H,29,30)/b22-14+,26-25?/t16-/m0/s1. The maximum Gasteiger partial charge on any atom is 0.344 e. The molecular formula is C25H22N2O6S.